The maximum absolute atomic E-state index is 9.13. The summed E-state index contributed by atoms with van der Waals surface area (Å²) in [6.07, 6.45) is 9.67. The van der Waals surface area contributed by atoms with Crippen molar-refractivity contribution < 1.29 is 0 Å². The Morgan fingerprint density at radius 2 is 1.90 bits per heavy atom. The number of allylic oxidation sites excluding steroid dienone is 1. The zero-order valence-corrected chi connectivity index (χ0v) is 12.9. The zero-order valence-electron chi connectivity index (χ0n) is 12.9. The van der Waals surface area contributed by atoms with Gasteiger partial charge in [-0.1, -0.05) is 51.1 Å². The van der Waals surface area contributed by atoms with Gasteiger partial charge in [-0.05, 0) is 54.6 Å². The van der Waals surface area contributed by atoms with Gasteiger partial charge in [0.05, 0.1) is 11.6 Å². The second kappa shape index (κ2) is 6.27. The van der Waals surface area contributed by atoms with E-state index in [0.29, 0.717) is 5.41 Å². The second-order valence-corrected chi connectivity index (χ2v) is 6.77. The monoisotopic (exact) mass is 267 g/mol. The summed E-state index contributed by atoms with van der Waals surface area (Å²) in [5.74, 6) is 1.70. The molecule has 0 heterocycles. The Kier molecular flexibility index (Phi) is 4.65. The molecule has 20 heavy (non-hydrogen) atoms. The lowest BCUT2D eigenvalue weighted by Gasteiger charge is -2.37. The van der Waals surface area contributed by atoms with Gasteiger partial charge in [0.2, 0.25) is 0 Å². The Hall–Kier alpha value is -1.55. The minimum atomic E-state index is 0.300. The quantitative estimate of drug-likeness (QED) is 0.717. The van der Waals surface area contributed by atoms with Gasteiger partial charge in [-0.2, -0.15) is 5.26 Å². The van der Waals surface area contributed by atoms with E-state index in [2.05, 4.69) is 39.0 Å². The van der Waals surface area contributed by atoms with Crippen LogP contribution in [0.1, 0.15) is 57.6 Å². The third-order valence-corrected chi connectivity index (χ3v) is 4.86. The van der Waals surface area contributed by atoms with Gasteiger partial charge in [-0.25, -0.2) is 0 Å². The van der Waals surface area contributed by atoms with Crippen LogP contribution in [0.5, 0.6) is 0 Å². The molecule has 0 aromatic heterocycles. The molecule has 2 rings (SSSR count). The molecule has 0 aliphatic heterocycles. The first-order chi connectivity index (χ1) is 9.54. The minimum Gasteiger partial charge on any atom is -0.192 e. The zero-order chi connectivity index (χ0) is 14.6. The van der Waals surface area contributed by atoms with E-state index in [-0.39, 0.29) is 0 Å². The molecule has 0 unspecified atom stereocenters. The molecule has 106 valence electrons. The fraction of sp³-hybridized carbons (Fsp3) is 0.526. The van der Waals surface area contributed by atoms with Crippen molar-refractivity contribution in [3.63, 3.8) is 0 Å². The van der Waals surface area contributed by atoms with E-state index in [1.54, 1.807) is 0 Å². The molecule has 1 nitrogen and oxygen atoms in total. The lowest BCUT2D eigenvalue weighted by atomic mass is 9.69. The predicted molar refractivity (Wildman–Crippen MR) is 85.1 cm³/mol. The smallest absolute Gasteiger partial charge is 0.0997 e. The maximum atomic E-state index is 9.13. The van der Waals surface area contributed by atoms with Crippen molar-refractivity contribution in [1.82, 2.24) is 0 Å². The summed E-state index contributed by atoms with van der Waals surface area (Å²) < 4.78 is 0. The first kappa shape index (κ1) is 14.9. The SMILES string of the molecule is CC(C)C1CCC(C)(/C=C/c2ccccc2C#N)CC1. The van der Waals surface area contributed by atoms with Gasteiger partial charge in [-0.3, -0.25) is 0 Å². The van der Waals surface area contributed by atoms with Crippen molar-refractivity contribution in [2.75, 3.05) is 0 Å². The van der Waals surface area contributed by atoms with Crippen LogP contribution in [0.4, 0.5) is 0 Å². The van der Waals surface area contributed by atoms with Gasteiger partial charge in [0.15, 0.2) is 0 Å². The molecule has 1 aromatic carbocycles. The van der Waals surface area contributed by atoms with Crippen molar-refractivity contribution >= 4 is 6.08 Å². The number of benzene rings is 1. The highest BCUT2D eigenvalue weighted by Crippen LogP contribution is 2.42. The third kappa shape index (κ3) is 3.51. The summed E-state index contributed by atoms with van der Waals surface area (Å²) in [6, 6.07) is 10.1. The normalized spacial score (nSPS) is 26.9. The highest BCUT2D eigenvalue weighted by Gasteiger charge is 2.29. The Morgan fingerprint density at radius 3 is 2.50 bits per heavy atom. The average Bonchev–Trinajstić information content (AvgIpc) is 2.46. The third-order valence-electron chi connectivity index (χ3n) is 4.86. The number of hydrogen-bond acceptors (Lipinski definition) is 1. The summed E-state index contributed by atoms with van der Waals surface area (Å²) in [6.45, 7) is 7.04. The fourth-order valence-electron chi connectivity index (χ4n) is 3.17. The molecule has 1 aliphatic rings. The standard InChI is InChI=1S/C19H25N/c1-15(2)16-8-11-19(3,12-9-16)13-10-17-6-4-5-7-18(17)14-20/h4-7,10,13,15-16H,8-9,11-12H2,1-3H3/b13-10+. The molecule has 1 fully saturated rings. The van der Waals surface area contributed by atoms with Crippen LogP contribution in [0.3, 0.4) is 0 Å². The molecule has 0 amide bonds. The number of rotatable bonds is 3. The maximum Gasteiger partial charge on any atom is 0.0997 e. The van der Waals surface area contributed by atoms with Crippen LogP contribution in [0, 0.1) is 28.6 Å². The Bertz CT molecular complexity index is 511. The van der Waals surface area contributed by atoms with Crippen molar-refractivity contribution in [2.24, 2.45) is 17.3 Å². The van der Waals surface area contributed by atoms with Crippen molar-refractivity contribution in [1.29, 1.82) is 5.26 Å². The van der Waals surface area contributed by atoms with Gasteiger partial charge in [0.25, 0.3) is 0 Å². The molecule has 1 aromatic rings. The Balaban J connectivity index is 2.06. The highest BCUT2D eigenvalue weighted by atomic mass is 14.3. The minimum absolute atomic E-state index is 0.300. The predicted octanol–water partition coefficient (Wildman–Crippen LogP) is 5.42. The van der Waals surface area contributed by atoms with E-state index < -0.39 is 0 Å². The molecular weight excluding hydrogens is 242 g/mol. The Labute approximate surface area is 123 Å². The molecule has 0 spiro atoms. The van der Waals surface area contributed by atoms with Crippen LogP contribution in [-0.4, -0.2) is 0 Å². The van der Waals surface area contributed by atoms with E-state index in [1.807, 2.05) is 24.3 Å². The molecular formula is C19H25N. The molecule has 1 aliphatic carbocycles. The first-order valence-electron chi connectivity index (χ1n) is 7.72. The van der Waals surface area contributed by atoms with E-state index in [1.165, 1.54) is 25.7 Å². The van der Waals surface area contributed by atoms with Crippen LogP contribution in [-0.2, 0) is 0 Å². The fourth-order valence-corrected chi connectivity index (χ4v) is 3.17. The largest absolute Gasteiger partial charge is 0.192 e. The second-order valence-electron chi connectivity index (χ2n) is 6.77. The number of nitrogens with zero attached hydrogens (tertiary/aromatic N) is 1. The van der Waals surface area contributed by atoms with Crippen LogP contribution >= 0.6 is 0 Å². The topological polar surface area (TPSA) is 23.8 Å². The van der Waals surface area contributed by atoms with E-state index >= 15 is 0 Å². The molecule has 1 heteroatoms. The van der Waals surface area contributed by atoms with Crippen molar-refractivity contribution in [3.8, 4) is 6.07 Å². The van der Waals surface area contributed by atoms with Crippen molar-refractivity contribution in [3.05, 3.63) is 41.5 Å². The molecule has 0 atom stereocenters. The van der Waals surface area contributed by atoms with Gasteiger partial charge < -0.3 is 0 Å². The summed E-state index contributed by atoms with van der Waals surface area (Å²) in [4.78, 5) is 0. The van der Waals surface area contributed by atoms with Crippen LogP contribution < -0.4 is 0 Å². The molecule has 0 N–H and O–H groups in total. The molecule has 1 saturated carbocycles. The number of hydrogen-bond donors (Lipinski definition) is 0. The van der Waals surface area contributed by atoms with Crippen molar-refractivity contribution in [2.45, 2.75) is 46.5 Å². The molecule has 0 saturated heterocycles. The lowest BCUT2D eigenvalue weighted by Crippen LogP contribution is -2.24. The first-order valence-corrected chi connectivity index (χ1v) is 7.72. The van der Waals surface area contributed by atoms with Gasteiger partial charge >= 0.3 is 0 Å². The Morgan fingerprint density at radius 1 is 1.25 bits per heavy atom. The van der Waals surface area contributed by atoms with Crippen LogP contribution in [0.25, 0.3) is 6.08 Å². The average molecular weight is 267 g/mol. The summed E-state index contributed by atoms with van der Waals surface area (Å²) in [5.41, 5.74) is 2.11. The van der Waals surface area contributed by atoms with E-state index in [9.17, 15) is 0 Å². The molecule has 0 radical (unpaired) electrons. The highest BCUT2D eigenvalue weighted by molar-refractivity contribution is 5.58. The molecule has 0 bridgehead atoms. The lowest BCUT2D eigenvalue weighted by molar-refractivity contribution is 0.185. The van der Waals surface area contributed by atoms with Gasteiger partial charge in [-0.15, -0.1) is 0 Å². The summed E-state index contributed by atoms with van der Waals surface area (Å²) >= 11 is 0. The van der Waals surface area contributed by atoms with E-state index in [4.69, 9.17) is 5.26 Å². The van der Waals surface area contributed by atoms with E-state index in [0.717, 1.165) is 23.0 Å². The van der Waals surface area contributed by atoms with Gasteiger partial charge in [0, 0.05) is 0 Å². The van der Waals surface area contributed by atoms with Crippen LogP contribution in [0.2, 0.25) is 0 Å². The van der Waals surface area contributed by atoms with Crippen LogP contribution in [0.15, 0.2) is 30.3 Å². The summed E-state index contributed by atoms with van der Waals surface area (Å²) in [7, 11) is 0. The summed E-state index contributed by atoms with van der Waals surface area (Å²) in [5, 5.41) is 9.13. The number of nitriles is 1. The van der Waals surface area contributed by atoms with Gasteiger partial charge in [0.1, 0.15) is 0 Å².